The number of rotatable bonds is 5. The fraction of sp³-hybridized carbons (Fsp3) is 0.238. The van der Waals surface area contributed by atoms with E-state index in [0.717, 1.165) is 5.69 Å². The first-order valence-electron chi connectivity index (χ1n) is 10.2. The van der Waals surface area contributed by atoms with Crippen LogP contribution in [-0.4, -0.2) is 55.8 Å². The van der Waals surface area contributed by atoms with Crippen molar-refractivity contribution in [3.63, 3.8) is 0 Å². The maximum Gasteiger partial charge on any atom is 0.229 e. The van der Waals surface area contributed by atoms with Gasteiger partial charge in [0, 0.05) is 19.2 Å². The van der Waals surface area contributed by atoms with Crippen LogP contribution in [0.25, 0.3) is 27.9 Å². The minimum atomic E-state index is -0.307. The Kier molecular flexibility index (Phi) is 4.46. The van der Waals surface area contributed by atoms with Gasteiger partial charge in [-0.15, -0.1) is 0 Å². The number of morpholine rings is 1. The van der Waals surface area contributed by atoms with Gasteiger partial charge in [0.05, 0.1) is 42.7 Å². The topological polar surface area (TPSA) is 110 Å². The highest BCUT2D eigenvalue weighted by atomic mass is 19.1. The predicted octanol–water partition coefficient (Wildman–Crippen LogP) is 2.87. The molecule has 32 heavy (non-hydrogen) atoms. The lowest BCUT2D eigenvalue weighted by Gasteiger charge is -2.27. The minimum absolute atomic E-state index is 0.307. The molecule has 4 aromatic heterocycles. The Balaban J connectivity index is 1.38. The van der Waals surface area contributed by atoms with Crippen LogP contribution in [0.4, 0.5) is 16.2 Å². The third-order valence-corrected chi connectivity index (χ3v) is 5.38. The molecule has 1 fully saturated rings. The average Bonchev–Trinajstić information content (AvgIpc) is 3.56. The summed E-state index contributed by atoms with van der Waals surface area (Å²) in [6.07, 6.45) is 4.94. The molecule has 1 saturated heterocycles. The molecule has 5 heterocycles. The van der Waals surface area contributed by atoms with Crippen molar-refractivity contribution in [3.8, 4) is 5.69 Å². The first-order valence-corrected chi connectivity index (χ1v) is 10.2. The van der Waals surface area contributed by atoms with Gasteiger partial charge in [-0.2, -0.15) is 9.97 Å². The van der Waals surface area contributed by atoms with Gasteiger partial charge in [0.25, 0.3) is 0 Å². The van der Waals surface area contributed by atoms with E-state index in [1.165, 1.54) is 12.1 Å². The number of halogens is 1. The fourth-order valence-electron chi connectivity index (χ4n) is 3.79. The molecule has 0 radical (unpaired) electrons. The first-order chi connectivity index (χ1) is 15.7. The van der Waals surface area contributed by atoms with E-state index < -0.39 is 0 Å². The summed E-state index contributed by atoms with van der Waals surface area (Å²) >= 11 is 0. The highest BCUT2D eigenvalue weighted by Crippen LogP contribution is 2.26. The molecule has 6 rings (SSSR count). The van der Waals surface area contributed by atoms with Crippen molar-refractivity contribution in [1.82, 2.24) is 29.5 Å². The molecule has 0 saturated carbocycles. The maximum absolute atomic E-state index is 13.5. The lowest BCUT2D eigenvalue weighted by molar-refractivity contribution is 0.122. The van der Waals surface area contributed by atoms with Crippen molar-refractivity contribution in [2.24, 2.45) is 0 Å². The molecule has 0 spiro atoms. The van der Waals surface area contributed by atoms with Crippen LogP contribution in [0.15, 0.2) is 47.5 Å². The molecule has 2 N–H and O–H groups in total. The Hall–Kier alpha value is -3.99. The SMILES string of the molecule is Fc1ccc2nc(CNc3nc(N4CCOCC4)nc4c3ncn4-c3ccoc3)[nH]c2c1. The van der Waals surface area contributed by atoms with Gasteiger partial charge in [0.2, 0.25) is 5.95 Å². The van der Waals surface area contributed by atoms with E-state index in [4.69, 9.17) is 19.1 Å². The molecule has 5 aromatic rings. The molecule has 0 aliphatic carbocycles. The number of anilines is 2. The predicted molar refractivity (Wildman–Crippen MR) is 115 cm³/mol. The largest absolute Gasteiger partial charge is 0.470 e. The van der Waals surface area contributed by atoms with Crippen LogP contribution < -0.4 is 10.2 Å². The number of benzene rings is 1. The number of furan rings is 1. The summed E-state index contributed by atoms with van der Waals surface area (Å²) in [6.45, 7) is 3.03. The number of aromatic nitrogens is 6. The fourth-order valence-corrected chi connectivity index (χ4v) is 3.79. The zero-order valence-electron chi connectivity index (χ0n) is 17.0. The molecule has 0 amide bonds. The number of imidazole rings is 2. The summed E-state index contributed by atoms with van der Waals surface area (Å²) in [4.78, 5) is 23.8. The monoisotopic (exact) mass is 434 g/mol. The first kappa shape index (κ1) is 18.8. The number of ether oxygens (including phenoxy) is 1. The summed E-state index contributed by atoms with van der Waals surface area (Å²) in [7, 11) is 0. The van der Waals surface area contributed by atoms with Crippen LogP contribution in [0, 0.1) is 5.82 Å². The molecule has 1 aromatic carbocycles. The van der Waals surface area contributed by atoms with E-state index in [1.807, 2.05) is 10.6 Å². The average molecular weight is 434 g/mol. The zero-order valence-corrected chi connectivity index (χ0v) is 17.0. The normalized spacial score (nSPS) is 14.5. The van der Waals surface area contributed by atoms with Crippen LogP contribution in [0.5, 0.6) is 0 Å². The molecule has 1 aliphatic rings. The van der Waals surface area contributed by atoms with Crippen LogP contribution >= 0.6 is 0 Å². The Morgan fingerprint density at radius 1 is 1.12 bits per heavy atom. The molecule has 1 aliphatic heterocycles. The van der Waals surface area contributed by atoms with E-state index in [0.29, 0.717) is 72.6 Å². The third kappa shape index (κ3) is 3.32. The number of hydrogen-bond acceptors (Lipinski definition) is 8. The summed E-state index contributed by atoms with van der Waals surface area (Å²) in [5.74, 6) is 1.54. The summed E-state index contributed by atoms with van der Waals surface area (Å²) in [6, 6.07) is 6.32. The summed E-state index contributed by atoms with van der Waals surface area (Å²) < 4.78 is 26.1. The van der Waals surface area contributed by atoms with Gasteiger partial charge in [-0.05, 0) is 18.2 Å². The van der Waals surface area contributed by atoms with E-state index >= 15 is 0 Å². The molecule has 0 bridgehead atoms. The van der Waals surface area contributed by atoms with Crippen molar-refractivity contribution in [1.29, 1.82) is 0 Å². The summed E-state index contributed by atoms with van der Waals surface area (Å²) in [5, 5.41) is 3.32. The van der Waals surface area contributed by atoms with Crippen molar-refractivity contribution in [2.75, 3.05) is 36.5 Å². The standard InChI is InChI=1S/C21H19FN8O2/c22-13-1-2-15-16(9-13)26-17(25-15)10-23-19-18-20(30(12-24-18)14-3-6-32-11-14)28-21(27-19)29-4-7-31-8-5-29/h1-3,6,9,11-12H,4-5,7-8,10H2,(H,25,26)(H,23,27,28). The highest BCUT2D eigenvalue weighted by Gasteiger charge is 2.20. The Labute approximate surface area is 181 Å². The van der Waals surface area contributed by atoms with Crippen molar-refractivity contribution in [3.05, 3.63) is 54.8 Å². The number of nitrogens with zero attached hydrogens (tertiary/aromatic N) is 6. The number of aromatic amines is 1. The van der Waals surface area contributed by atoms with Gasteiger partial charge in [0.15, 0.2) is 17.0 Å². The molecule has 0 unspecified atom stereocenters. The maximum atomic E-state index is 13.5. The van der Waals surface area contributed by atoms with Gasteiger partial charge in [0.1, 0.15) is 24.2 Å². The molecule has 0 atom stereocenters. The second-order valence-electron chi connectivity index (χ2n) is 7.44. The molecule has 10 nitrogen and oxygen atoms in total. The number of nitrogens with one attached hydrogen (secondary N) is 2. The number of hydrogen-bond donors (Lipinski definition) is 2. The second kappa shape index (κ2) is 7.61. The van der Waals surface area contributed by atoms with E-state index in [1.54, 1.807) is 24.9 Å². The van der Waals surface area contributed by atoms with Gasteiger partial charge >= 0.3 is 0 Å². The highest BCUT2D eigenvalue weighted by molar-refractivity contribution is 5.85. The van der Waals surface area contributed by atoms with E-state index in [2.05, 4.69) is 25.2 Å². The quantitative estimate of drug-likeness (QED) is 0.435. The van der Waals surface area contributed by atoms with Crippen LogP contribution in [0.2, 0.25) is 0 Å². The summed E-state index contributed by atoms with van der Waals surface area (Å²) in [5.41, 5.74) is 3.47. The van der Waals surface area contributed by atoms with Crippen LogP contribution in [0.3, 0.4) is 0 Å². The molecule has 11 heteroatoms. The minimum Gasteiger partial charge on any atom is -0.470 e. The van der Waals surface area contributed by atoms with Gasteiger partial charge in [-0.25, -0.2) is 14.4 Å². The Morgan fingerprint density at radius 3 is 2.88 bits per heavy atom. The Morgan fingerprint density at radius 2 is 2.03 bits per heavy atom. The van der Waals surface area contributed by atoms with Crippen molar-refractivity contribution < 1.29 is 13.5 Å². The number of H-pyrrole nitrogens is 1. The van der Waals surface area contributed by atoms with Gasteiger partial charge in [-0.1, -0.05) is 0 Å². The van der Waals surface area contributed by atoms with Crippen LogP contribution in [-0.2, 0) is 11.3 Å². The smallest absolute Gasteiger partial charge is 0.229 e. The molecular weight excluding hydrogens is 415 g/mol. The zero-order chi connectivity index (χ0) is 21.5. The third-order valence-electron chi connectivity index (χ3n) is 5.38. The van der Waals surface area contributed by atoms with Crippen molar-refractivity contribution in [2.45, 2.75) is 6.54 Å². The van der Waals surface area contributed by atoms with E-state index in [-0.39, 0.29) is 5.82 Å². The van der Waals surface area contributed by atoms with Crippen molar-refractivity contribution >= 4 is 34.0 Å². The Bertz CT molecular complexity index is 1390. The number of fused-ring (bicyclic) bond motifs is 2. The molecule has 162 valence electrons. The van der Waals surface area contributed by atoms with E-state index in [9.17, 15) is 4.39 Å². The second-order valence-corrected chi connectivity index (χ2v) is 7.44. The van der Waals surface area contributed by atoms with Gasteiger partial charge in [-0.3, -0.25) is 4.57 Å². The lowest BCUT2D eigenvalue weighted by Crippen LogP contribution is -2.37. The molecular formula is C21H19FN8O2. The van der Waals surface area contributed by atoms with Crippen LogP contribution in [0.1, 0.15) is 5.82 Å². The van der Waals surface area contributed by atoms with Gasteiger partial charge < -0.3 is 24.4 Å². The lowest BCUT2D eigenvalue weighted by atomic mass is 10.3.